The second-order valence-corrected chi connectivity index (χ2v) is 10.1. The van der Waals surface area contributed by atoms with Crippen molar-refractivity contribution in [3.63, 3.8) is 0 Å². The Kier molecular flexibility index (Phi) is 6.53. The number of carbonyl (C=O) groups excluding carboxylic acids is 1. The van der Waals surface area contributed by atoms with E-state index in [0.717, 1.165) is 76.3 Å². The molecule has 3 aromatic carbocycles. The molecule has 0 radical (unpaired) electrons. The molecule has 0 unspecified atom stereocenters. The molecule has 2 heterocycles. The maximum Gasteiger partial charge on any atom is 0.227 e. The van der Waals surface area contributed by atoms with Crippen LogP contribution in [0.5, 0.6) is 0 Å². The van der Waals surface area contributed by atoms with Gasteiger partial charge < -0.3 is 5.32 Å². The summed E-state index contributed by atoms with van der Waals surface area (Å²) >= 11 is 3.54. The Labute approximate surface area is 208 Å². The summed E-state index contributed by atoms with van der Waals surface area (Å²) in [5.74, 6) is 1.21. The molecule has 0 spiro atoms. The lowest BCUT2D eigenvalue weighted by molar-refractivity contribution is -0.121. The summed E-state index contributed by atoms with van der Waals surface area (Å²) < 4.78 is 3.31. The van der Waals surface area contributed by atoms with Crippen molar-refractivity contribution in [1.29, 1.82) is 0 Å². The largest absolute Gasteiger partial charge is 0.326 e. The molecular weight excluding hydrogens is 488 g/mol. The van der Waals surface area contributed by atoms with E-state index < -0.39 is 0 Å². The van der Waals surface area contributed by atoms with Crippen LogP contribution in [0.3, 0.4) is 0 Å². The predicted octanol–water partition coefficient (Wildman–Crippen LogP) is 6.26. The maximum atomic E-state index is 12.9. The van der Waals surface area contributed by atoms with Gasteiger partial charge in [0.15, 0.2) is 0 Å². The van der Waals surface area contributed by atoms with E-state index >= 15 is 0 Å². The molecule has 174 valence electrons. The number of piperidine rings is 1. The predicted molar refractivity (Wildman–Crippen MR) is 141 cm³/mol. The number of aromatic nitrogens is 2. The van der Waals surface area contributed by atoms with Crippen molar-refractivity contribution in [2.45, 2.75) is 33.2 Å². The number of para-hydroxylation sites is 2. The molecule has 0 aliphatic carbocycles. The number of nitrogens with zero attached hydrogens (tertiary/aromatic N) is 3. The number of carbonyl (C=O) groups is 1. The Morgan fingerprint density at radius 3 is 2.53 bits per heavy atom. The molecular formula is C28H29BrN4O. The molecule has 6 heteroatoms. The van der Waals surface area contributed by atoms with Gasteiger partial charge >= 0.3 is 0 Å². The molecule has 1 aromatic heterocycles. The summed E-state index contributed by atoms with van der Waals surface area (Å²) in [6, 6.07) is 22.8. The fraction of sp³-hybridized carbons (Fsp3) is 0.286. The number of imidazole rings is 1. The molecule has 34 heavy (non-hydrogen) atoms. The minimum Gasteiger partial charge on any atom is -0.326 e. The van der Waals surface area contributed by atoms with Crippen molar-refractivity contribution in [1.82, 2.24) is 14.5 Å². The van der Waals surface area contributed by atoms with Gasteiger partial charge in [-0.25, -0.2) is 4.98 Å². The van der Waals surface area contributed by atoms with Crippen LogP contribution in [-0.4, -0.2) is 33.4 Å². The van der Waals surface area contributed by atoms with Gasteiger partial charge in [0.2, 0.25) is 5.91 Å². The highest BCUT2D eigenvalue weighted by molar-refractivity contribution is 9.10. The lowest BCUT2D eigenvalue weighted by Gasteiger charge is -2.31. The highest BCUT2D eigenvalue weighted by Crippen LogP contribution is 2.26. The molecule has 1 aliphatic heterocycles. The van der Waals surface area contributed by atoms with Crippen LogP contribution in [0.15, 0.2) is 71.2 Å². The van der Waals surface area contributed by atoms with E-state index in [1.54, 1.807) is 0 Å². The fourth-order valence-electron chi connectivity index (χ4n) is 4.72. The molecule has 0 saturated carbocycles. The summed E-state index contributed by atoms with van der Waals surface area (Å²) in [5, 5.41) is 3.16. The van der Waals surface area contributed by atoms with Crippen LogP contribution in [-0.2, 0) is 11.3 Å². The third-order valence-electron chi connectivity index (χ3n) is 6.69. The van der Waals surface area contributed by atoms with Crippen molar-refractivity contribution in [3.8, 4) is 5.69 Å². The van der Waals surface area contributed by atoms with Crippen LogP contribution in [0.4, 0.5) is 5.69 Å². The Balaban J connectivity index is 1.29. The third-order valence-corrected chi connectivity index (χ3v) is 7.22. The van der Waals surface area contributed by atoms with Gasteiger partial charge in [0.1, 0.15) is 5.82 Å². The summed E-state index contributed by atoms with van der Waals surface area (Å²) in [7, 11) is 0. The van der Waals surface area contributed by atoms with E-state index in [-0.39, 0.29) is 11.8 Å². The van der Waals surface area contributed by atoms with Gasteiger partial charge in [-0.1, -0.05) is 40.2 Å². The number of fused-ring (bicyclic) bond motifs is 1. The second kappa shape index (κ2) is 9.72. The quantitative estimate of drug-likeness (QED) is 0.340. The third kappa shape index (κ3) is 4.79. The monoisotopic (exact) mass is 516 g/mol. The minimum absolute atomic E-state index is 0.0430. The normalized spacial score (nSPS) is 15.0. The van der Waals surface area contributed by atoms with Gasteiger partial charge in [-0.2, -0.15) is 0 Å². The minimum atomic E-state index is 0.0430. The van der Waals surface area contributed by atoms with Crippen LogP contribution in [0.1, 0.15) is 29.8 Å². The number of benzene rings is 3. The molecule has 1 amide bonds. The van der Waals surface area contributed by atoms with Crippen LogP contribution < -0.4 is 5.32 Å². The van der Waals surface area contributed by atoms with Crippen LogP contribution in [0.2, 0.25) is 0 Å². The maximum absolute atomic E-state index is 12.9. The summed E-state index contributed by atoms with van der Waals surface area (Å²) in [4.78, 5) is 20.3. The lowest BCUT2D eigenvalue weighted by Crippen LogP contribution is -2.38. The molecule has 1 saturated heterocycles. The van der Waals surface area contributed by atoms with Gasteiger partial charge in [0.25, 0.3) is 0 Å². The number of anilines is 1. The number of rotatable bonds is 5. The topological polar surface area (TPSA) is 50.2 Å². The zero-order chi connectivity index (χ0) is 23.7. The number of likely N-dealkylation sites (tertiary alicyclic amines) is 1. The molecule has 4 aromatic rings. The second-order valence-electron chi connectivity index (χ2n) is 9.19. The molecule has 1 aliphatic rings. The first kappa shape index (κ1) is 22.8. The fourth-order valence-corrected chi connectivity index (χ4v) is 4.98. The van der Waals surface area contributed by atoms with Crippen molar-refractivity contribution in [2.75, 3.05) is 18.4 Å². The van der Waals surface area contributed by atoms with E-state index in [9.17, 15) is 4.79 Å². The van der Waals surface area contributed by atoms with E-state index in [1.165, 1.54) is 0 Å². The highest BCUT2D eigenvalue weighted by atomic mass is 79.9. The first-order valence-electron chi connectivity index (χ1n) is 11.8. The zero-order valence-electron chi connectivity index (χ0n) is 19.6. The number of nitrogens with one attached hydrogen (secondary N) is 1. The first-order valence-corrected chi connectivity index (χ1v) is 12.6. The van der Waals surface area contributed by atoms with Crippen LogP contribution >= 0.6 is 15.9 Å². The van der Waals surface area contributed by atoms with E-state index in [1.807, 2.05) is 13.0 Å². The Morgan fingerprint density at radius 2 is 1.76 bits per heavy atom. The Bertz CT molecular complexity index is 1320. The molecule has 1 N–H and O–H groups in total. The summed E-state index contributed by atoms with van der Waals surface area (Å²) in [6.45, 7) is 6.61. The van der Waals surface area contributed by atoms with Gasteiger partial charge in [-0.15, -0.1) is 0 Å². The molecule has 1 fully saturated rings. The van der Waals surface area contributed by atoms with Crippen molar-refractivity contribution >= 4 is 38.6 Å². The number of hydrogen-bond donors (Lipinski definition) is 1. The number of aryl methyl sites for hydroxylation is 2. The summed E-state index contributed by atoms with van der Waals surface area (Å²) in [5.41, 5.74) is 6.41. The van der Waals surface area contributed by atoms with E-state index in [2.05, 4.69) is 98.3 Å². The van der Waals surface area contributed by atoms with Crippen molar-refractivity contribution in [2.24, 2.45) is 5.92 Å². The first-order chi connectivity index (χ1) is 16.5. The van der Waals surface area contributed by atoms with Gasteiger partial charge in [-0.3, -0.25) is 14.3 Å². The SMILES string of the molecule is Cc1ccc(C)c(NC(=O)C2CCN(Cc3nc4ccccc4n3-c3ccc(Br)cc3)CC2)c1. The lowest BCUT2D eigenvalue weighted by atomic mass is 9.95. The average Bonchev–Trinajstić information content (AvgIpc) is 3.20. The highest BCUT2D eigenvalue weighted by Gasteiger charge is 2.26. The zero-order valence-corrected chi connectivity index (χ0v) is 21.2. The standard InChI is InChI=1S/C28H29BrN4O/c1-19-7-8-20(2)25(17-19)31-28(34)21-13-15-32(16-14-21)18-27-30-24-5-3-4-6-26(24)33(27)23-11-9-22(29)10-12-23/h3-12,17,21H,13-16,18H2,1-2H3,(H,31,34). The Hall–Kier alpha value is -2.96. The van der Waals surface area contributed by atoms with Crippen LogP contribution in [0.25, 0.3) is 16.7 Å². The van der Waals surface area contributed by atoms with E-state index in [4.69, 9.17) is 4.98 Å². The average molecular weight is 517 g/mol. The summed E-state index contributed by atoms with van der Waals surface area (Å²) in [6.07, 6.45) is 1.71. The number of hydrogen-bond acceptors (Lipinski definition) is 3. The van der Waals surface area contributed by atoms with Crippen molar-refractivity contribution in [3.05, 3.63) is 88.2 Å². The van der Waals surface area contributed by atoms with E-state index in [0.29, 0.717) is 0 Å². The smallest absolute Gasteiger partial charge is 0.227 e. The van der Waals surface area contributed by atoms with Gasteiger partial charge in [-0.05, 0) is 93.4 Å². The number of halogens is 1. The molecule has 0 bridgehead atoms. The van der Waals surface area contributed by atoms with Gasteiger partial charge in [0.05, 0.1) is 17.6 Å². The molecule has 5 nitrogen and oxygen atoms in total. The van der Waals surface area contributed by atoms with Gasteiger partial charge in [0, 0.05) is 21.8 Å². The molecule has 5 rings (SSSR count). The molecule has 0 atom stereocenters. The number of amides is 1. The Morgan fingerprint density at radius 1 is 1.03 bits per heavy atom. The van der Waals surface area contributed by atoms with Crippen LogP contribution in [0, 0.1) is 19.8 Å². The van der Waals surface area contributed by atoms with Crippen molar-refractivity contribution < 1.29 is 4.79 Å².